The zero-order valence-corrected chi connectivity index (χ0v) is 19.4. The summed E-state index contributed by atoms with van der Waals surface area (Å²) < 4.78 is 2.28. The molecule has 1 amide bonds. The Balaban J connectivity index is 1.31. The molecule has 1 aliphatic rings. The van der Waals surface area contributed by atoms with Crippen LogP contribution in [0.5, 0.6) is 0 Å². The topological polar surface area (TPSA) is 77.0 Å². The number of carbonyl (C=O) groups is 1. The number of piperidine rings is 1. The zero-order valence-electron chi connectivity index (χ0n) is 19.4. The molecule has 1 saturated heterocycles. The first-order chi connectivity index (χ1) is 16.6. The Kier molecular flexibility index (Phi) is 6.12. The smallest absolute Gasteiger partial charge is 0.247 e. The van der Waals surface area contributed by atoms with Crippen LogP contribution in [-0.4, -0.2) is 38.4 Å². The minimum atomic E-state index is 0.0510. The second kappa shape index (κ2) is 9.51. The summed E-state index contributed by atoms with van der Waals surface area (Å²) in [5.41, 5.74) is 11.6. The normalized spacial score (nSPS) is 15.1. The lowest BCUT2D eigenvalue weighted by Crippen LogP contribution is -2.38. The van der Waals surface area contributed by atoms with Gasteiger partial charge in [-0.3, -0.25) is 9.78 Å². The Hall–Kier alpha value is -3.93. The molecule has 2 aromatic carbocycles. The van der Waals surface area contributed by atoms with Crippen LogP contribution in [0.4, 0.5) is 5.69 Å². The lowest BCUT2D eigenvalue weighted by Gasteiger charge is -2.32. The molecule has 4 aromatic rings. The monoisotopic (exact) mass is 451 g/mol. The van der Waals surface area contributed by atoms with Crippen LogP contribution in [0.2, 0.25) is 0 Å². The molecular weight excluding hydrogens is 422 g/mol. The average Bonchev–Trinajstić information content (AvgIpc) is 3.18. The largest absolute Gasteiger partial charge is 0.399 e. The number of carbonyl (C=O) groups excluding carboxylic acids is 1. The van der Waals surface area contributed by atoms with Crippen molar-refractivity contribution in [3.63, 3.8) is 0 Å². The number of nitrogen functional groups attached to an aromatic ring is 1. The summed E-state index contributed by atoms with van der Waals surface area (Å²) in [4.78, 5) is 24.1. The zero-order chi connectivity index (χ0) is 23.5. The van der Waals surface area contributed by atoms with Crippen molar-refractivity contribution < 1.29 is 4.79 Å². The van der Waals surface area contributed by atoms with Crippen LogP contribution in [0.15, 0.2) is 79.1 Å². The minimum absolute atomic E-state index is 0.0510. The molecule has 2 aromatic heterocycles. The van der Waals surface area contributed by atoms with E-state index < -0.39 is 0 Å². The van der Waals surface area contributed by atoms with E-state index in [9.17, 15) is 4.79 Å². The van der Waals surface area contributed by atoms with E-state index >= 15 is 0 Å². The number of fused-ring (bicyclic) bond motifs is 1. The van der Waals surface area contributed by atoms with E-state index in [1.807, 2.05) is 84.9 Å². The molecule has 6 heteroatoms. The lowest BCUT2D eigenvalue weighted by atomic mass is 9.95. The van der Waals surface area contributed by atoms with Crippen LogP contribution in [0.1, 0.15) is 29.8 Å². The first-order valence-corrected chi connectivity index (χ1v) is 11.8. The third-order valence-corrected chi connectivity index (χ3v) is 6.66. The fourth-order valence-corrected chi connectivity index (χ4v) is 4.80. The van der Waals surface area contributed by atoms with E-state index in [2.05, 4.69) is 14.5 Å². The number of likely N-dealkylation sites (tertiary alicyclic amines) is 1. The van der Waals surface area contributed by atoms with Crippen molar-refractivity contribution in [2.45, 2.75) is 26.3 Å². The molecule has 5 rings (SSSR count). The number of aromatic nitrogens is 3. The summed E-state index contributed by atoms with van der Waals surface area (Å²) in [5.74, 6) is 1.58. The highest BCUT2D eigenvalue weighted by molar-refractivity contribution is 5.99. The van der Waals surface area contributed by atoms with Gasteiger partial charge in [0.15, 0.2) is 0 Å². The van der Waals surface area contributed by atoms with Crippen molar-refractivity contribution in [2.24, 2.45) is 5.92 Å². The number of hydrogen-bond acceptors (Lipinski definition) is 4. The number of pyridine rings is 1. The highest BCUT2D eigenvalue weighted by Gasteiger charge is 2.24. The van der Waals surface area contributed by atoms with Gasteiger partial charge in [-0.05, 0) is 60.6 Å². The molecule has 0 saturated carbocycles. The molecule has 1 aliphatic heterocycles. The van der Waals surface area contributed by atoms with Crippen LogP contribution >= 0.6 is 0 Å². The quantitative estimate of drug-likeness (QED) is 0.353. The van der Waals surface area contributed by atoms with Crippen molar-refractivity contribution in [2.75, 3.05) is 18.8 Å². The maximum Gasteiger partial charge on any atom is 0.247 e. The van der Waals surface area contributed by atoms with Crippen molar-refractivity contribution in [1.29, 1.82) is 0 Å². The fraction of sp³-hybridized carbons (Fsp3) is 0.250. The molecule has 34 heavy (non-hydrogen) atoms. The van der Waals surface area contributed by atoms with Crippen LogP contribution in [0.25, 0.3) is 16.6 Å². The number of aryl methyl sites for hydroxylation is 1. The molecule has 0 bridgehead atoms. The molecule has 0 radical (unpaired) electrons. The van der Waals surface area contributed by atoms with Gasteiger partial charge in [-0.1, -0.05) is 42.5 Å². The number of rotatable bonds is 5. The summed E-state index contributed by atoms with van der Waals surface area (Å²) in [6.45, 7) is 4.48. The third kappa shape index (κ3) is 4.57. The summed E-state index contributed by atoms with van der Waals surface area (Å²) in [6, 6.07) is 19.8. The Morgan fingerprint density at radius 3 is 2.59 bits per heavy atom. The van der Waals surface area contributed by atoms with Gasteiger partial charge in [-0.2, -0.15) is 0 Å². The molecule has 1 fully saturated rings. The van der Waals surface area contributed by atoms with Gasteiger partial charge in [0.05, 0.1) is 11.7 Å². The van der Waals surface area contributed by atoms with Crippen molar-refractivity contribution >= 4 is 28.2 Å². The summed E-state index contributed by atoms with van der Waals surface area (Å²) in [6.07, 6.45) is 7.35. The van der Waals surface area contributed by atoms with E-state index in [0.29, 0.717) is 11.6 Å². The molecule has 3 heterocycles. The molecule has 6 nitrogen and oxygen atoms in total. The standard InChI is InChI=1S/C28H29N5O/c1-20-31-26-18-30-13-10-27(26)33(20)19-21-11-14-32(15-12-21)28(34)17-25(22-6-3-2-4-7-22)23-8-5-9-24(29)16-23/h2-10,13,16-18,21H,11-12,14-15,19,29H2,1H3/b25-17-. The van der Waals surface area contributed by atoms with Gasteiger partial charge in [0.2, 0.25) is 5.91 Å². The van der Waals surface area contributed by atoms with Crippen LogP contribution < -0.4 is 5.73 Å². The second-order valence-corrected chi connectivity index (χ2v) is 8.95. The molecule has 2 N–H and O–H groups in total. The van der Waals surface area contributed by atoms with Gasteiger partial charge in [0.25, 0.3) is 0 Å². The molecule has 0 atom stereocenters. The highest BCUT2D eigenvalue weighted by Crippen LogP contribution is 2.27. The van der Waals surface area contributed by atoms with Gasteiger partial charge in [-0.15, -0.1) is 0 Å². The van der Waals surface area contributed by atoms with E-state index in [1.54, 1.807) is 6.08 Å². The van der Waals surface area contributed by atoms with E-state index in [4.69, 9.17) is 5.73 Å². The molecule has 0 aliphatic carbocycles. The van der Waals surface area contributed by atoms with Crippen LogP contribution in [0.3, 0.4) is 0 Å². The maximum atomic E-state index is 13.3. The number of imidazole rings is 1. The number of nitrogens with two attached hydrogens (primary N) is 1. The maximum absolute atomic E-state index is 13.3. The van der Waals surface area contributed by atoms with Crippen LogP contribution in [0, 0.1) is 12.8 Å². The Labute approximate surface area is 199 Å². The summed E-state index contributed by atoms with van der Waals surface area (Å²) in [7, 11) is 0. The fourth-order valence-electron chi connectivity index (χ4n) is 4.80. The van der Waals surface area contributed by atoms with Gasteiger partial charge in [0.1, 0.15) is 11.3 Å². The number of hydrogen-bond donors (Lipinski definition) is 1. The van der Waals surface area contributed by atoms with E-state index in [-0.39, 0.29) is 5.91 Å². The van der Waals surface area contributed by atoms with Crippen molar-refractivity contribution in [3.8, 4) is 0 Å². The number of nitrogens with zero attached hydrogens (tertiary/aromatic N) is 4. The Morgan fingerprint density at radius 2 is 1.82 bits per heavy atom. The van der Waals surface area contributed by atoms with Crippen LogP contribution in [-0.2, 0) is 11.3 Å². The van der Waals surface area contributed by atoms with E-state index in [1.165, 1.54) is 0 Å². The van der Waals surface area contributed by atoms with Gasteiger partial charge < -0.3 is 15.2 Å². The first kappa shape index (κ1) is 21.9. The van der Waals surface area contributed by atoms with Gasteiger partial charge >= 0.3 is 0 Å². The molecular formula is C28H29N5O. The number of benzene rings is 2. The van der Waals surface area contributed by atoms with Gasteiger partial charge in [0, 0.05) is 37.6 Å². The predicted molar refractivity (Wildman–Crippen MR) is 136 cm³/mol. The lowest BCUT2D eigenvalue weighted by molar-refractivity contribution is -0.127. The number of amides is 1. The molecule has 0 spiro atoms. The predicted octanol–water partition coefficient (Wildman–Crippen LogP) is 4.69. The minimum Gasteiger partial charge on any atom is -0.399 e. The Bertz CT molecular complexity index is 1330. The highest BCUT2D eigenvalue weighted by atomic mass is 16.2. The Morgan fingerprint density at radius 1 is 1.06 bits per heavy atom. The van der Waals surface area contributed by atoms with Crippen molar-refractivity contribution in [3.05, 3.63) is 96.1 Å². The molecule has 172 valence electrons. The summed E-state index contributed by atoms with van der Waals surface area (Å²) in [5, 5.41) is 0. The number of anilines is 1. The SMILES string of the molecule is Cc1nc2cnccc2n1CC1CCN(C(=O)/C=C(/c2ccccc2)c2cccc(N)c2)CC1. The van der Waals surface area contributed by atoms with E-state index in [0.717, 1.165) is 66.0 Å². The molecule has 0 unspecified atom stereocenters. The third-order valence-electron chi connectivity index (χ3n) is 6.66. The first-order valence-electron chi connectivity index (χ1n) is 11.8. The van der Waals surface area contributed by atoms with Gasteiger partial charge in [-0.25, -0.2) is 4.98 Å². The van der Waals surface area contributed by atoms with Crippen molar-refractivity contribution in [1.82, 2.24) is 19.4 Å². The summed E-state index contributed by atoms with van der Waals surface area (Å²) >= 11 is 0. The second-order valence-electron chi connectivity index (χ2n) is 8.95. The average molecular weight is 452 g/mol.